The van der Waals surface area contributed by atoms with Crippen LogP contribution in [0.5, 0.6) is 5.75 Å². The quantitative estimate of drug-likeness (QED) is 0.481. The van der Waals surface area contributed by atoms with E-state index in [1.54, 1.807) is 18.8 Å². The van der Waals surface area contributed by atoms with Crippen molar-refractivity contribution in [3.63, 3.8) is 0 Å². The second-order valence-electron chi connectivity index (χ2n) is 8.09. The van der Waals surface area contributed by atoms with Crippen molar-refractivity contribution in [2.45, 2.75) is 0 Å². The smallest absolute Gasteiger partial charge is 0.407 e. The molecule has 34 heavy (non-hydrogen) atoms. The summed E-state index contributed by atoms with van der Waals surface area (Å²) >= 11 is 0. The maximum atomic E-state index is 13.1. The number of H-pyrrole nitrogens is 1. The molecule has 1 amide bonds. The van der Waals surface area contributed by atoms with Crippen molar-refractivity contribution < 1.29 is 14.6 Å². The summed E-state index contributed by atoms with van der Waals surface area (Å²) in [6, 6.07) is 15.2. The van der Waals surface area contributed by atoms with E-state index in [9.17, 15) is 9.59 Å². The number of fused-ring (bicyclic) bond motifs is 1. The number of aryl methyl sites for hydroxylation is 1. The maximum absolute atomic E-state index is 13.1. The fraction of sp³-hybridized carbons (Fsp3) is 0.250. The van der Waals surface area contributed by atoms with Gasteiger partial charge < -0.3 is 24.6 Å². The summed E-state index contributed by atoms with van der Waals surface area (Å²) in [5, 5.41) is 14.1. The highest BCUT2D eigenvalue weighted by atomic mass is 16.5. The number of aromatic nitrogens is 4. The van der Waals surface area contributed by atoms with Gasteiger partial charge in [0.15, 0.2) is 5.65 Å². The molecule has 1 saturated heterocycles. The summed E-state index contributed by atoms with van der Waals surface area (Å²) in [4.78, 5) is 35.4. The zero-order valence-corrected chi connectivity index (χ0v) is 18.9. The Labute approximate surface area is 195 Å². The van der Waals surface area contributed by atoms with Gasteiger partial charge >= 0.3 is 6.09 Å². The van der Waals surface area contributed by atoms with Gasteiger partial charge in [-0.15, -0.1) is 0 Å². The van der Waals surface area contributed by atoms with Crippen LogP contribution in [0, 0.1) is 0 Å². The van der Waals surface area contributed by atoms with Gasteiger partial charge in [0.2, 0.25) is 0 Å². The zero-order valence-electron chi connectivity index (χ0n) is 18.9. The second-order valence-corrected chi connectivity index (χ2v) is 8.09. The van der Waals surface area contributed by atoms with Crippen LogP contribution in [-0.4, -0.2) is 69.1 Å². The molecule has 0 bridgehead atoms. The molecule has 0 radical (unpaired) electrons. The number of methoxy groups -OCH3 is 1. The lowest BCUT2D eigenvalue weighted by molar-refractivity contribution is 0.142. The minimum atomic E-state index is -0.899. The van der Waals surface area contributed by atoms with Crippen molar-refractivity contribution in [3.05, 3.63) is 58.9 Å². The number of benzene rings is 2. The number of nitrogens with one attached hydrogen (secondary N) is 1. The molecule has 4 aromatic rings. The molecule has 1 aliphatic heterocycles. The summed E-state index contributed by atoms with van der Waals surface area (Å²) in [6.07, 6.45) is -0.899. The lowest BCUT2D eigenvalue weighted by Gasteiger charge is -2.34. The maximum Gasteiger partial charge on any atom is 0.407 e. The summed E-state index contributed by atoms with van der Waals surface area (Å²) in [7, 11) is 3.33. The SMILES string of the molecule is COc1cc(N2CCN(C(=O)O)CC2)ccc1-c1nc2c(c(-c3ccccc3)nn2C)c(=O)[nH]1. The van der Waals surface area contributed by atoms with Gasteiger partial charge in [0.1, 0.15) is 22.7 Å². The lowest BCUT2D eigenvalue weighted by atomic mass is 10.1. The van der Waals surface area contributed by atoms with Crippen LogP contribution in [-0.2, 0) is 7.05 Å². The van der Waals surface area contributed by atoms with Crippen molar-refractivity contribution in [3.8, 4) is 28.4 Å². The van der Waals surface area contributed by atoms with E-state index in [1.807, 2.05) is 48.5 Å². The van der Waals surface area contributed by atoms with Crippen LogP contribution in [0.25, 0.3) is 33.7 Å². The third-order valence-electron chi connectivity index (χ3n) is 6.10. The molecule has 0 spiro atoms. The largest absolute Gasteiger partial charge is 0.496 e. The predicted octanol–water partition coefficient (Wildman–Crippen LogP) is 2.80. The van der Waals surface area contributed by atoms with Crippen LogP contribution in [0.3, 0.4) is 0 Å². The van der Waals surface area contributed by atoms with Crippen molar-refractivity contribution in [1.82, 2.24) is 24.6 Å². The Balaban J connectivity index is 1.52. The van der Waals surface area contributed by atoms with Crippen LogP contribution in [0.1, 0.15) is 0 Å². The molecule has 0 unspecified atom stereocenters. The van der Waals surface area contributed by atoms with E-state index in [0.29, 0.717) is 60.0 Å². The molecule has 10 nitrogen and oxygen atoms in total. The van der Waals surface area contributed by atoms with Gasteiger partial charge in [-0.3, -0.25) is 4.79 Å². The third-order valence-corrected chi connectivity index (χ3v) is 6.10. The first-order chi connectivity index (χ1) is 16.5. The van der Waals surface area contributed by atoms with Crippen LogP contribution in [0.4, 0.5) is 10.5 Å². The molecule has 0 aliphatic carbocycles. The number of hydrogen-bond donors (Lipinski definition) is 2. The van der Waals surface area contributed by atoms with Crippen LogP contribution in [0.2, 0.25) is 0 Å². The third kappa shape index (κ3) is 3.72. The average Bonchev–Trinajstić information content (AvgIpc) is 3.21. The van der Waals surface area contributed by atoms with E-state index in [2.05, 4.69) is 15.0 Å². The fourth-order valence-corrected chi connectivity index (χ4v) is 4.31. The molecule has 10 heteroatoms. The molecular weight excluding hydrogens is 436 g/mol. The van der Waals surface area contributed by atoms with Crippen LogP contribution in [0.15, 0.2) is 53.3 Å². The van der Waals surface area contributed by atoms with E-state index in [4.69, 9.17) is 14.8 Å². The summed E-state index contributed by atoms with van der Waals surface area (Å²) in [6.45, 7) is 2.06. The second kappa shape index (κ2) is 8.54. The van der Waals surface area contributed by atoms with Crippen molar-refractivity contribution in [2.75, 3.05) is 38.2 Å². The van der Waals surface area contributed by atoms with Crippen molar-refractivity contribution in [1.29, 1.82) is 0 Å². The molecule has 3 heterocycles. The number of piperazine rings is 1. The minimum Gasteiger partial charge on any atom is -0.496 e. The Morgan fingerprint density at radius 1 is 1.09 bits per heavy atom. The van der Waals surface area contributed by atoms with E-state index < -0.39 is 6.09 Å². The number of carboxylic acid groups (broad SMARTS) is 1. The highest BCUT2D eigenvalue weighted by Gasteiger charge is 2.22. The monoisotopic (exact) mass is 460 g/mol. The van der Waals surface area contributed by atoms with E-state index in [1.165, 1.54) is 4.90 Å². The Morgan fingerprint density at radius 2 is 1.82 bits per heavy atom. The first-order valence-corrected chi connectivity index (χ1v) is 10.9. The number of nitrogens with zero attached hydrogens (tertiary/aromatic N) is 5. The fourth-order valence-electron chi connectivity index (χ4n) is 4.31. The minimum absolute atomic E-state index is 0.275. The number of carbonyl (C=O) groups is 1. The Kier molecular flexibility index (Phi) is 5.40. The van der Waals surface area contributed by atoms with E-state index in [-0.39, 0.29) is 5.56 Å². The number of hydrogen-bond acceptors (Lipinski definition) is 6. The van der Waals surface area contributed by atoms with Gasteiger partial charge in [0.25, 0.3) is 5.56 Å². The predicted molar refractivity (Wildman–Crippen MR) is 128 cm³/mol. The normalized spacial score (nSPS) is 13.9. The molecule has 174 valence electrons. The molecule has 1 fully saturated rings. The van der Waals surface area contributed by atoms with Gasteiger partial charge in [-0.05, 0) is 12.1 Å². The topological polar surface area (TPSA) is 117 Å². The number of amides is 1. The van der Waals surface area contributed by atoms with Gasteiger partial charge in [-0.1, -0.05) is 30.3 Å². The Bertz CT molecular complexity index is 1420. The number of rotatable bonds is 4. The molecule has 0 saturated carbocycles. The van der Waals surface area contributed by atoms with Crippen molar-refractivity contribution >= 4 is 22.8 Å². The molecule has 2 aromatic heterocycles. The van der Waals surface area contributed by atoms with Crippen LogP contribution >= 0.6 is 0 Å². The lowest BCUT2D eigenvalue weighted by Crippen LogP contribution is -2.48. The van der Waals surface area contributed by atoms with Gasteiger partial charge in [-0.25, -0.2) is 14.5 Å². The number of anilines is 1. The number of aromatic amines is 1. The average molecular weight is 460 g/mol. The molecule has 2 N–H and O–H groups in total. The molecule has 2 aromatic carbocycles. The van der Waals surface area contributed by atoms with Crippen LogP contribution < -0.4 is 15.2 Å². The standard InChI is InChI=1S/C24H24N6O4/c1-28-22-19(20(27-28)15-6-4-3-5-7-15)23(31)26-21(25-22)17-9-8-16(14-18(17)34-2)29-10-12-30(13-11-29)24(32)33/h3-9,14H,10-13H2,1-2H3,(H,32,33)(H,25,26,31). The van der Waals surface area contributed by atoms with Gasteiger partial charge in [0.05, 0.1) is 12.7 Å². The van der Waals surface area contributed by atoms with Gasteiger partial charge in [0, 0.05) is 50.5 Å². The van der Waals surface area contributed by atoms with E-state index in [0.717, 1.165) is 11.3 Å². The Morgan fingerprint density at radius 3 is 2.50 bits per heavy atom. The van der Waals surface area contributed by atoms with Gasteiger partial charge in [-0.2, -0.15) is 5.10 Å². The molecule has 1 aliphatic rings. The zero-order chi connectivity index (χ0) is 23.8. The summed E-state index contributed by atoms with van der Waals surface area (Å²) in [5.41, 5.74) is 3.20. The highest BCUT2D eigenvalue weighted by molar-refractivity contribution is 5.91. The first-order valence-electron chi connectivity index (χ1n) is 10.9. The highest BCUT2D eigenvalue weighted by Crippen LogP contribution is 2.33. The summed E-state index contributed by atoms with van der Waals surface area (Å²) < 4.78 is 7.24. The molecule has 0 atom stereocenters. The Hall–Kier alpha value is -4.34. The summed E-state index contributed by atoms with van der Waals surface area (Å²) in [5.74, 6) is 0.949. The molecule has 5 rings (SSSR count). The number of ether oxygens (including phenoxy) is 1. The van der Waals surface area contributed by atoms with E-state index >= 15 is 0 Å². The first kappa shape index (κ1) is 21.5. The molecular formula is C24H24N6O4. The van der Waals surface area contributed by atoms with Crippen molar-refractivity contribution in [2.24, 2.45) is 7.05 Å².